The highest BCUT2D eigenvalue weighted by molar-refractivity contribution is 6.09. The van der Waals surface area contributed by atoms with Crippen LogP contribution in [0.25, 0.3) is 21.8 Å². The summed E-state index contributed by atoms with van der Waals surface area (Å²) in [4.78, 5) is 40.9. The summed E-state index contributed by atoms with van der Waals surface area (Å²) >= 11 is 0. The zero-order valence-corrected chi connectivity index (χ0v) is 20.5. The number of non-ortho nitro benzene ring substituents is 1. The predicted molar refractivity (Wildman–Crippen MR) is 141 cm³/mol. The molecule has 0 aliphatic carbocycles. The quantitative estimate of drug-likeness (QED) is 0.236. The van der Waals surface area contributed by atoms with E-state index >= 15 is 0 Å². The van der Waals surface area contributed by atoms with Crippen LogP contribution in [0.5, 0.6) is 5.75 Å². The average molecular weight is 513 g/mol. The molecule has 0 spiro atoms. The first-order valence-electron chi connectivity index (χ1n) is 12.0. The van der Waals surface area contributed by atoms with Gasteiger partial charge in [0.2, 0.25) is 0 Å². The Bertz CT molecular complexity index is 1710. The number of fused-ring (bicyclic) bond motifs is 2. The Morgan fingerprint density at radius 2 is 1.87 bits per heavy atom. The molecule has 0 radical (unpaired) electrons. The Kier molecular flexibility index (Phi) is 6.81. The van der Waals surface area contributed by atoms with Crippen LogP contribution < -0.4 is 15.6 Å². The van der Waals surface area contributed by atoms with Gasteiger partial charge in [-0.2, -0.15) is 5.10 Å². The Morgan fingerprint density at radius 1 is 1.08 bits per heavy atom. The third-order valence-corrected chi connectivity index (χ3v) is 6.15. The molecule has 0 aliphatic heterocycles. The van der Waals surface area contributed by atoms with E-state index in [0.717, 1.165) is 16.3 Å². The number of benzene rings is 3. The van der Waals surface area contributed by atoms with E-state index in [2.05, 4.69) is 15.4 Å². The van der Waals surface area contributed by atoms with Crippen LogP contribution >= 0.6 is 0 Å². The fourth-order valence-corrected chi connectivity index (χ4v) is 4.32. The van der Waals surface area contributed by atoms with Gasteiger partial charge in [-0.3, -0.25) is 24.3 Å². The van der Waals surface area contributed by atoms with E-state index < -0.39 is 4.92 Å². The third-order valence-electron chi connectivity index (χ3n) is 6.15. The van der Waals surface area contributed by atoms with Crippen molar-refractivity contribution in [2.75, 3.05) is 13.2 Å². The van der Waals surface area contributed by atoms with E-state index in [1.54, 1.807) is 22.9 Å². The van der Waals surface area contributed by atoms with Crippen molar-refractivity contribution >= 4 is 33.4 Å². The minimum Gasteiger partial charge on any atom is -0.493 e. The molecule has 2 aromatic heterocycles. The fourth-order valence-electron chi connectivity index (χ4n) is 4.32. The molecule has 0 bridgehead atoms. The van der Waals surface area contributed by atoms with Crippen molar-refractivity contribution in [2.45, 2.75) is 20.0 Å². The van der Waals surface area contributed by atoms with Gasteiger partial charge < -0.3 is 10.1 Å². The minimum atomic E-state index is -0.472. The number of nitro groups is 1. The van der Waals surface area contributed by atoms with Gasteiger partial charge in [0, 0.05) is 18.7 Å². The number of nitro benzene ring substituents is 1. The van der Waals surface area contributed by atoms with Gasteiger partial charge in [-0.25, -0.2) is 9.67 Å². The fraction of sp³-hybridized carbons (Fsp3) is 0.185. The van der Waals surface area contributed by atoms with E-state index in [-0.39, 0.29) is 30.2 Å². The predicted octanol–water partition coefficient (Wildman–Crippen LogP) is 3.53. The number of aromatic nitrogens is 4. The van der Waals surface area contributed by atoms with Crippen LogP contribution in [0.3, 0.4) is 0 Å². The van der Waals surface area contributed by atoms with Crippen molar-refractivity contribution in [3.05, 3.63) is 105 Å². The smallest absolute Gasteiger partial charge is 0.269 e. The van der Waals surface area contributed by atoms with E-state index in [4.69, 9.17) is 4.74 Å². The summed E-state index contributed by atoms with van der Waals surface area (Å²) in [6.07, 6.45) is 2.88. The van der Waals surface area contributed by atoms with E-state index in [0.29, 0.717) is 35.5 Å². The summed E-state index contributed by atoms with van der Waals surface area (Å²) in [7, 11) is 0. The average Bonchev–Trinajstić information content (AvgIpc) is 3.34. The second-order valence-corrected chi connectivity index (χ2v) is 8.55. The molecule has 0 saturated carbocycles. The summed E-state index contributed by atoms with van der Waals surface area (Å²) in [6.45, 7) is 3.09. The Balaban J connectivity index is 1.30. The largest absolute Gasteiger partial charge is 0.493 e. The van der Waals surface area contributed by atoms with Gasteiger partial charge in [-0.1, -0.05) is 42.5 Å². The van der Waals surface area contributed by atoms with E-state index in [1.165, 1.54) is 29.2 Å². The van der Waals surface area contributed by atoms with Crippen molar-refractivity contribution < 1.29 is 14.5 Å². The molecule has 5 aromatic rings. The lowest BCUT2D eigenvalue weighted by Gasteiger charge is -2.13. The SMILES string of the molecule is CCOc1ccc2ccccc2c1C(=O)NCCn1ncc2c(=O)n(Cc3ccc([N+](=O)[O-])cc3)cnc21. The molecule has 1 amide bonds. The second-order valence-electron chi connectivity index (χ2n) is 8.55. The number of carbonyl (C=O) groups is 1. The minimum absolute atomic E-state index is 0.0161. The summed E-state index contributed by atoms with van der Waals surface area (Å²) in [5.41, 5.74) is 1.32. The lowest BCUT2D eigenvalue weighted by Crippen LogP contribution is -2.28. The van der Waals surface area contributed by atoms with Gasteiger partial charge in [0.05, 0.1) is 36.4 Å². The zero-order valence-electron chi connectivity index (χ0n) is 20.5. The summed E-state index contributed by atoms with van der Waals surface area (Å²) in [5, 5.41) is 20.2. The van der Waals surface area contributed by atoms with Crippen molar-refractivity contribution in [3.63, 3.8) is 0 Å². The molecule has 0 fully saturated rings. The first-order chi connectivity index (χ1) is 18.5. The molecule has 2 heterocycles. The Morgan fingerprint density at radius 3 is 2.63 bits per heavy atom. The molecule has 0 saturated heterocycles. The Hall–Kier alpha value is -5.06. The monoisotopic (exact) mass is 512 g/mol. The number of rotatable bonds is 9. The van der Waals surface area contributed by atoms with Crippen molar-refractivity contribution in [1.82, 2.24) is 24.6 Å². The number of carbonyl (C=O) groups excluding carboxylic acids is 1. The van der Waals surface area contributed by atoms with Crippen molar-refractivity contribution in [1.29, 1.82) is 0 Å². The highest BCUT2D eigenvalue weighted by Crippen LogP contribution is 2.28. The van der Waals surface area contributed by atoms with Crippen LogP contribution in [0.2, 0.25) is 0 Å². The number of nitrogens with one attached hydrogen (secondary N) is 1. The summed E-state index contributed by atoms with van der Waals surface area (Å²) in [6, 6.07) is 17.4. The molecule has 38 heavy (non-hydrogen) atoms. The van der Waals surface area contributed by atoms with Crippen LogP contribution in [0, 0.1) is 10.1 Å². The topological polar surface area (TPSA) is 134 Å². The second kappa shape index (κ2) is 10.5. The molecule has 0 unspecified atom stereocenters. The molecular formula is C27H24N6O5. The first kappa shape index (κ1) is 24.6. The van der Waals surface area contributed by atoms with E-state index in [1.807, 2.05) is 37.3 Å². The maximum absolute atomic E-state index is 13.2. The van der Waals surface area contributed by atoms with Crippen LogP contribution in [-0.2, 0) is 13.1 Å². The number of nitrogens with zero attached hydrogens (tertiary/aromatic N) is 5. The van der Waals surface area contributed by atoms with Gasteiger partial charge in [-0.15, -0.1) is 0 Å². The maximum Gasteiger partial charge on any atom is 0.269 e. The molecule has 1 N–H and O–H groups in total. The molecule has 0 aliphatic rings. The third kappa shape index (κ3) is 4.81. The van der Waals surface area contributed by atoms with Crippen LogP contribution in [0.4, 0.5) is 5.69 Å². The first-order valence-corrected chi connectivity index (χ1v) is 12.0. The number of hydrogen-bond acceptors (Lipinski definition) is 7. The molecule has 11 heteroatoms. The molecular weight excluding hydrogens is 488 g/mol. The number of amides is 1. The lowest BCUT2D eigenvalue weighted by molar-refractivity contribution is -0.384. The van der Waals surface area contributed by atoms with Gasteiger partial charge in [0.25, 0.3) is 17.2 Å². The van der Waals surface area contributed by atoms with Gasteiger partial charge in [-0.05, 0) is 29.3 Å². The molecule has 3 aromatic carbocycles. The van der Waals surface area contributed by atoms with Crippen LogP contribution in [0.1, 0.15) is 22.8 Å². The lowest BCUT2D eigenvalue weighted by atomic mass is 10.0. The number of ether oxygens (including phenoxy) is 1. The van der Waals surface area contributed by atoms with E-state index in [9.17, 15) is 19.7 Å². The van der Waals surface area contributed by atoms with Gasteiger partial charge >= 0.3 is 0 Å². The number of hydrogen-bond donors (Lipinski definition) is 1. The summed E-state index contributed by atoms with van der Waals surface area (Å²) < 4.78 is 8.70. The molecule has 5 rings (SSSR count). The van der Waals surface area contributed by atoms with Crippen molar-refractivity contribution in [3.8, 4) is 5.75 Å². The van der Waals surface area contributed by atoms with Crippen LogP contribution in [0.15, 0.2) is 78.0 Å². The Labute approximate surface area is 216 Å². The standard InChI is InChI=1S/C27H24N6O5/c1-2-38-23-12-9-19-5-3-4-6-21(19)24(23)26(34)28-13-14-32-25-22(15-30-32)27(35)31(17-29-25)16-18-7-10-20(11-8-18)33(36)37/h3-12,15,17H,2,13-14,16H2,1H3,(H,28,34). The normalized spacial score (nSPS) is 11.1. The van der Waals surface area contributed by atoms with Gasteiger partial charge in [0.15, 0.2) is 5.65 Å². The highest BCUT2D eigenvalue weighted by atomic mass is 16.6. The zero-order chi connectivity index (χ0) is 26.6. The highest BCUT2D eigenvalue weighted by Gasteiger charge is 2.17. The molecule has 192 valence electrons. The van der Waals surface area contributed by atoms with Crippen LogP contribution in [-0.4, -0.2) is 43.3 Å². The van der Waals surface area contributed by atoms with Crippen molar-refractivity contribution in [2.24, 2.45) is 0 Å². The molecule has 11 nitrogen and oxygen atoms in total. The maximum atomic E-state index is 13.2. The van der Waals surface area contributed by atoms with Gasteiger partial charge in [0.1, 0.15) is 17.5 Å². The summed E-state index contributed by atoms with van der Waals surface area (Å²) in [5.74, 6) is 0.253. The molecule has 0 atom stereocenters.